The van der Waals surface area contributed by atoms with Crippen LogP contribution in [-0.4, -0.2) is 69.1 Å². The molecule has 274 valence electrons. The number of amides is 2. The first kappa shape index (κ1) is 36.6. The molecule has 52 heavy (non-hydrogen) atoms. The lowest BCUT2D eigenvalue weighted by Gasteiger charge is -2.36. The van der Waals surface area contributed by atoms with E-state index in [1.165, 1.54) is 13.2 Å². The van der Waals surface area contributed by atoms with Crippen LogP contribution in [0.2, 0.25) is 0 Å². The number of likely N-dealkylation sites (tertiary alicyclic amines) is 1. The first-order valence-corrected chi connectivity index (χ1v) is 16.8. The predicted octanol–water partition coefficient (Wildman–Crippen LogP) is 4.37. The Morgan fingerprint density at radius 3 is 2.63 bits per heavy atom. The third kappa shape index (κ3) is 7.55. The number of halogens is 3. The molecular formula is C37H39F3N6O6. The molecule has 1 aliphatic carbocycles. The molecule has 1 aromatic heterocycles. The van der Waals surface area contributed by atoms with Gasteiger partial charge in [-0.1, -0.05) is 30.1 Å². The van der Waals surface area contributed by atoms with Crippen LogP contribution < -0.4 is 25.8 Å². The number of aryl methyl sites for hydroxylation is 1. The number of imide groups is 1. The summed E-state index contributed by atoms with van der Waals surface area (Å²) >= 11 is 0. The highest BCUT2D eigenvalue weighted by molar-refractivity contribution is 6.08. The van der Waals surface area contributed by atoms with Crippen LogP contribution in [0.15, 0.2) is 54.1 Å². The Morgan fingerprint density at radius 2 is 1.90 bits per heavy atom. The number of aromatic nitrogens is 2. The standard InChI is InChI=1S/C37H39F3N6O6/c1-19(22-14-23(37(38,39)40)16-24(41)15-22)42-33-26-17-30(29(51-3)18-27(26)43-20(2)44-33)52-13-6-4-5-8-21-9-7-10-25-32(21)36(50)46(35(25)49)28-11-12-31(47)45-34(28)48/h7,9-10,14-19,25,28,31-32,34,45,47-48H,4,6,11-13,41H2,1-3H3,(H,42,43,44)/t19-,25?,28?,31?,32?,34?/m1/s1. The third-order valence-corrected chi connectivity index (χ3v) is 9.30. The minimum absolute atomic E-state index is 0.00651. The van der Waals surface area contributed by atoms with Gasteiger partial charge >= 0.3 is 6.18 Å². The molecule has 5 unspecified atom stereocenters. The summed E-state index contributed by atoms with van der Waals surface area (Å²) in [6.07, 6.45) is -0.0866. The van der Waals surface area contributed by atoms with Gasteiger partial charge in [0, 0.05) is 29.1 Å². The number of nitrogens with one attached hydrogen (secondary N) is 2. The summed E-state index contributed by atoms with van der Waals surface area (Å²) in [4.78, 5) is 36.8. The molecule has 3 heterocycles. The van der Waals surface area contributed by atoms with Crippen molar-refractivity contribution in [3.63, 3.8) is 0 Å². The molecule has 6 atom stereocenters. The second kappa shape index (κ2) is 14.8. The number of allylic oxidation sites excluding steroid dienone is 2. The number of benzene rings is 2. The van der Waals surface area contributed by atoms with Gasteiger partial charge in [0.1, 0.15) is 24.1 Å². The number of nitrogens with zero attached hydrogens (tertiary/aromatic N) is 3. The van der Waals surface area contributed by atoms with Crippen molar-refractivity contribution in [2.45, 2.75) is 70.2 Å². The van der Waals surface area contributed by atoms with Crippen LogP contribution in [0, 0.1) is 30.6 Å². The fourth-order valence-corrected chi connectivity index (χ4v) is 6.73. The van der Waals surface area contributed by atoms with Gasteiger partial charge in [-0.2, -0.15) is 13.2 Å². The van der Waals surface area contributed by atoms with E-state index in [-0.39, 0.29) is 18.7 Å². The molecule has 3 aromatic rings. The number of nitrogen functional groups attached to an aromatic ring is 1. The minimum atomic E-state index is -4.55. The van der Waals surface area contributed by atoms with E-state index < -0.39 is 59.9 Å². The average Bonchev–Trinajstić information content (AvgIpc) is 3.34. The smallest absolute Gasteiger partial charge is 0.416 e. The van der Waals surface area contributed by atoms with Gasteiger partial charge in [-0.3, -0.25) is 19.8 Å². The first-order valence-electron chi connectivity index (χ1n) is 16.8. The van der Waals surface area contributed by atoms with Crippen molar-refractivity contribution < 1.29 is 42.4 Å². The number of alkyl halides is 3. The van der Waals surface area contributed by atoms with E-state index in [9.17, 15) is 33.0 Å². The zero-order valence-corrected chi connectivity index (χ0v) is 28.7. The van der Waals surface area contributed by atoms with Crippen LogP contribution in [0.4, 0.5) is 24.7 Å². The molecule has 3 aliphatic rings. The number of hydrogen-bond donors (Lipinski definition) is 5. The van der Waals surface area contributed by atoms with Crippen molar-refractivity contribution in [2.24, 2.45) is 11.8 Å². The van der Waals surface area contributed by atoms with E-state index in [2.05, 4.69) is 32.4 Å². The summed E-state index contributed by atoms with van der Waals surface area (Å²) in [5.41, 5.74) is 6.34. The molecule has 15 heteroatoms. The summed E-state index contributed by atoms with van der Waals surface area (Å²) in [5.74, 6) is 5.50. The maximum atomic E-state index is 13.5. The van der Waals surface area contributed by atoms with Crippen LogP contribution >= 0.6 is 0 Å². The number of methoxy groups -OCH3 is 1. The Morgan fingerprint density at radius 1 is 1.12 bits per heavy atom. The predicted molar refractivity (Wildman–Crippen MR) is 185 cm³/mol. The zero-order valence-electron chi connectivity index (χ0n) is 28.7. The summed E-state index contributed by atoms with van der Waals surface area (Å²) in [7, 11) is 1.50. The Kier molecular flexibility index (Phi) is 10.4. The Balaban J connectivity index is 1.12. The molecule has 2 amide bonds. The third-order valence-electron chi connectivity index (χ3n) is 9.30. The van der Waals surface area contributed by atoms with Crippen molar-refractivity contribution in [1.29, 1.82) is 0 Å². The largest absolute Gasteiger partial charge is 0.493 e. The topological polar surface area (TPSA) is 172 Å². The van der Waals surface area contributed by atoms with E-state index in [0.29, 0.717) is 64.4 Å². The van der Waals surface area contributed by atoms with Gasteiger partial charge in [-0.05, 0) is 62.9 Å². The molecule has 6 rings (SSSR count). The lowest BCUT2D eigenvalue weighted by Crippen LogP contribution is -2.58. The van der Waals surface area contributed by atoms with Crippen LogP contribution in [0.1, 0.15) is 55.6 Å². The first-order chi connectivity index (χ1) is 24.7. The monoisotopic (exact) mass is 720 g/mol. The Hall–Kier alpha value is -5.17. The summed E-state index contributed by atoms with van der Waals surface area (Å²) in [6, 6.07) is 5.47. The van der Waals surface area contributed by atoms with Gasteiger partial charge in [0.2, 0.25) is 11.8 Å². The quantitative estimate of drug-likeness (QED) is 0.0920. The van der Waals surface area contributed by atoms with E-state index in [0.717, 1.165) is 17.0 Å². The lowest BCUT2D eigenvalue weighted by molar-refractivity contribution is -0.149. The summed E-state index contributed by atoms with van der Waals surface area (Å²) < 4.78 is 52.0. The van der Waals surface area contributed by atoms with Crippen molar-refractivity contribution in [3.05, 3.63) is 71.1 Å². The second-order valence-corrected chi connectivity index (χ2v) is 13.0. The van der Waals surface area contributed by atoms with Crippen LogP contribution in [-0.2, 0) is 15.8 Å². The zero-order chi connectivity index (χ0) is 37.3. The van der Waals surface area contributed by atoms with Crippen molar-refractivity contribution in [3.8, 4) is 23.3 Å². The van der Waals surface area contributed by atoms with E-state index in [1.54, 1.807) is 44.2 Å². The maximum absolute atomic E-state index is 13.5. The summed E-state index contributed by atoms with van der Waals surface area (Å²) in [6.45, 7) is 3.66. The van der Waals surface area contributed by atoms with Crippen LogP contribution in [0.5, 0.6) is 11.5 Å². The lowest BCUT2D eigenvalue weighted by atomic mass is 9.84. The molecule has 0 saturated carbocycles. The van der Waals surface area contributed by atoms with E-state index in [4.69, 9.17) is 15.2 Å². The minimum Gasteiger partial charge on any atom is -0.493 e. The fraction of sp³-hybridized carbons (Fsp3) is 0.405. The highest BCUT2D eigenvalue weighted by Gasteiger charge is 2.52. The van der Waals surface area contributed by atoms with Crippen LogP contribution in [0.25, 0.3) is 10.9 Å². The van der Waals surface area contributed by atoms with Gasteiger partial charge in [0.25, 0.3) is 0 Å². The number of nitrogens with two attached hydrogens (primary N) is 1. The summed E-state index contributed by atoms with van der Waals surface area (Å²) in [5, 5.41) is 26.6. The highest BCUT2D eigenvalue weighted by Crippen LogP contribution is 2.39. The number of fused-ring (bicyclic) bond motifs is 2. The number of aliphatic hydroxyl groups is 2. The van der Waals surface area contributed by atoms with Gasteiger partial charge < -0.3 is 30.7 Å². The second-order valence-electron chi connectivity index (χ2n) is 13.0. The number of anilines is 2. The van der Waals surface area contributed by atoms with Gasteiger partial charge in [-0.25, -0.2) is 9.97 Å². The molecule has 2 saturated heterocycles. The highest BCUT2D eigenvalue weighted by atomic mass is 19.4. The molecule has 0 bridgehead atoms. The molecule has 2 aromatic carbocycles. The molecular weight excluding hydrogens is 681 g/mol. The average molecular weight is 721 g/mol. The molecule has 0 spiro atoms. The van der Waals surface area contributed by atoms with Gasteiger partial charge in [-0.15, -0.1) is 0 Å². The van der Waals surface area contributed by atoms with Crippen LogP contribution in [0.3, 0.4) is 0 Å². The fourth-order valence-electron chi connectivity index (χ4n) is 6.73. The number of piperidine rings is 1. The molecule has 2 fully saturated rings. The van der Waals surface area contributed by atoms with E-state index in [1.807, 2.05) is 0 Å². The molecule has 2 aliphatic heterocycles. The number of carbonyl (C=O) groups excluding carboxylic acids is 2. The number of unbranched alkanes of at least 4 members (excludes halogenated alkanes) is 1. The van der Waals surface area contributed by atoms with E-state index >= 15 is 0 Å². The molecule has 6 N–H and O–H groups in total. The van der Waals surface area contributed by atoms with Crippen molar-refractivity contribution in [2.75, 3.05) is 24.8 Å². The maximum Gasteiger partial charge on any atom is 0.416 e. The van der Waals surface area contributed by atoms with Crippen molar-refractivity contribution >= 4 is 34.2 Å². The number of rotatable bonds is 9. The number of hydrogen-bond acceptors (Lipinski definition) is 11. The number of ether oxygens (including phenoxy) is 2. The Bertz CT molecular complexity index is 2010. The number of aliphatic hydroxyl groups excluding tert-OH is 2. The normalized spacial score (nSPS) is 23.5. The molecule has 12 nitrogen and oxygen atoms in total. The van der Waals surface area contributed by atoms with Gasteiger partial charge in [0.05, 0.1) is 48.7 Å². The molecule has 0 radical (unpaired) electrons. The number of carbonyl (C=O) groups is 2. The van der Waals surface area contributed by atoms with Gasteiger partial charge in [0.15, 0.2) is 11.5 Å². The van der Waals surface area contributed by atoms with Crippen molar-refractivity contribution in [1.82, 2.24) is 20.2 Å². The Labute approximate surface area is 297 Å². The SMILES string of the molecule is COc1cc2nc(C)nc(N[C@H](C)c3cc(N)cc(C(F)(F)F)c3)c2cc1OCCCC#CC1=CC=CC2C(=O)N(C3CCC(O)NC3O)C(=O)C12.